The van der Waals surface area contributed by atoms with Crippen LogP contribution in [0.1, 0.15) is 32.3 Å². The van der Waals surface area contributed by atoms with E-state index in [1.807, 2.05) is 0 Å². The number of nitrogens with zero attached hydrogens (tertiary/aromatic N) is 1. The first-order valence-corrected chi connectivity index (χ1v) is 8.18. The van der Waals surface area contributed by atoms with Crippen LogP contribution in [-0.4, -0.2) is 32.3 Å². The minimum Gasteiger partial charge on any atom is -0.383 e. The van der Waals surface area contributed by atoms with E-state index in [-0.39, 0.29) is 0 Å². The number of anilines is 1. The fourth-order valence-corrected chi connectivity index (χ4v) is 2.94. The van der Waals surface area contributed by atoms with Crippen LogP contribution in [0.3, 0.4) is 0 Å². The SMILES string of the molecule is COCCN(c1ccc(CNC2CC2)cc1Br)C(C)C. The normalized spacial score (nSPS) is 14.8. The van der Waals surface area contributed by atoms with E-state index in [1.165, 1.54) is 24.1 Å². The molecule has 0 bridgehead atoms. The van der Waals surface area contributed by atoms with Crippen molar-refractivity contribution in [3.8, 4) is 0 Å². The van der Waals surface area contributed by atoms with Crippen molar-refractivity contribution in [3.05, 3.63) is 28.2 Å². The van der Waals surface area contributed by atoms with Crippen LogP contribution in [0.15, 0.2) is 22.7 Å². The number of hydrogen-bond donors (Lipinski definition) is 1. The summed E-state index contributed by atoms with van der Waals surface area (Å²) in [6, 6.07) is 7.87. The minimum atomic E-state index is 0.455. The monoisotopic (exact) mass is 340 g/mol. The lowest BCUT2D eigenvalue weighted by molar-refractivity contribution is 0.204. The van der Waals surface area contributed by atoms with E-state index < -0.39 is 0 Å². The van der Waals surface area contributed by atoms with Gasteiger partial charge in [-0.2, -0.15) is 0 Å². The van der Waals surface area contributed by atoms with Crippen LogP contribution >= 0.6 is 15.9 Å². The van der Waals surface area contributed by atoms with Crippen LogP contribution in [-0.2, 0) is 11.3 Å². The molecule has 0 radical (unpaired) electrons. The second-order valence-electron chi connectivity index (χ2n) is 5.72. The Balaban J connectivity index is 2.04. The number of halogens is 1. The lowest BCUT2D eigenvalue weighted by Crippen LogP contribution is -2.34. The van der Waals surface area contributed by atoms with Crippen molar-refractivity contribution in [2.24, 2.45) is 0 Å². The highest BCUT2D eigenvalue weighted by Gasteiger charge is 2.20. The Morgan fingerprint density at radius 2 is 2.15 bits per heavy atom. The molecule has 1 aromatic carbocycles. The maximum absolute atomic E-state index is 5.21. The summed E-state index contributed by atoms with van der Waals surface area (Å²) in [4.78, 5) is 2.37. The molecule has 3 nitrogen and oxygen atoms in total. The van der Waals surface area contributed by atoms with Gasteiger partial charge in [0, 0.05) is 36.8 Å². The van der Waals surface area contributed by atoms with Crippen LogP contribution in [0.5, 0.6) is 0 Å². The summed E-state index contributed by atoms with van der Waals surface area (Å²) in [6.07, 6.45) is 2.66. The summed E-state index contributed by atoms with van der Waals surface area (Å²) < 4.78 is 6.38. The van der Waals surface area contributed by atoms with Crippen LogP contribution in [0.4, 0.5) is 5.69 Å². The van der Waals surface area contributed by atoms with Crippen molar-refractivity contribution in [1.29, 1.82) is 0 Å². The number of methoxy groups -OCH3 is 1. The first kappa shape index (κ1) is 15.8. The van der Waals surface area contributed by atoms with Crippen LogP contribution < -0.4 is 10.2 Å². The molecule has 0 aromatic heterocycles. The van der Waals surface area contributed by atoms with Gasteiger partial charge in [0.05, 0.1) is 12.3 Å². The molecule has 1 saturated carbocycles. The van der Waals surface area contributed by atoms with E-state index in [0.29, 0.717) is 6.04 Å². The van der Waals surface area contributed by atoms with Crippen LogP contribution in [0, 0.1) is 0 Å². The first-order chi connectivity index (χ1) is 9.61. The van der Waals surface area contributed by atoms with Gasteiger partial charge in [0.2, 0.25) is 0 Å². The predicted molar refractivity (Wildman–Crippen MR) is 88.4 cm³/mol. The zero-order chi connectivity index (χ0) is 14.5. The predicted octanol–water partition coefficient (Wildman–Crippen LogP) is 3.56. The minimum absolute atomic E-state index is 0.455. The van der Waals surface area contributed by atoms with Crippen molar-refractivity contribution in [2.45, 2.75) is 45.3 Å². The molecule has 4 heteroatoms. The Hall–Kier alpha value is -0.580. The topological polar surface area (TPSA) is 24.5 Å². The Morgan fingerprint density at radius 1 is 1.40 bits per heavy atom. The van der Waals surface area contributed by atoms with Crippen molar-refractivity contribution < 1.29 is 4.74 Å². The Morgan fingerprint density at radius 3 is 2.70 bits per heavy atom. The second kappa shape index (κ2) is 7.43. The number of benzene rings is 1. The molecule has 0 saturated heterocycles. The van der Waals surface area contributed by atoms with E-state index in [2.05, 4.69) is 58.2 Å². The molecule has 1 N–H and O–H groups in total. The molecule has 1 aliphatic rings. The molecular formula is C16H25BrN2O. The first-order valence-electron chi connectivity index (χ1n) is 7.39. The molecule has 0 aliphatic heterocycles. The molecule has 1 fully saturated rings. The average Bonchev–Trinajstić information content (AvgIpc) is 3.22. The van der Waals surface area contributed by atoms with Crippen molar-refractivity contribution in [2.75, 3.05) is 25.2 Å². The van der Waals surface area contributed by atoms with Gasteiger partial charge in [-0.05, 0) is 60.3 Å². The van der Waals surface area contributed by atoms with E-state index in [9.17, 15) is 0 Å². The van der Waals surface area contributed by atoms with E-state index in [1.54, 1.807) is 7.11 Å². The summed E-state index contributed by atoms with van der Waals surface area (Å²) in [5.41, 5.74) is 2.58. The molecular weight excluding hydrogens is 316 g/mol. The van der Waals surface area contributed by atoms with Gasteiger partial charge in [-0.3, -0.25) is 0 Å². The number of rotatable bonds is 8. The standard InChI is InChI=1S/C16H25BrN2O/c1-12(2)19(8-9-20-3)16-7-4-13(10-15(16)17)11-18-14-5-6-14/h4,7,10,12,14,18H,5-6,8-9,11H2,1-3H3. The summed E-state index contributed by atoms with van der Waals surface area (Å²) in [7, 11) is 1.75. The molecule has 0 unspecified atom stereocenters. The van der Waals surface area contributed by atoms with Gasteiger partial charge in [0.25, 0.3) is 0 Å². The fraction of sp³-hybridized carbons (Fsp3) is 0.625. The molecule has 0 spiro atoms. The van der Waals surface area contributed by atoms with Crippen molar-refractivity contribution in [1.82, 2.24) is 5.32 Å². The van der Waals surface area contributed by atoms with E-state index in [4.69, 9.17) is 4.74 Å². The molecule has 1 aliphatic carbocycles. The third-order valence-corrected chi connectivity index (χ3v) is 4.29. The second-order valence-corrected chi connectivity index (χ2v) is 6.58. The van der Waals surface area contributed by atoms with Gasteiger partial charge in [-0.15, -0.1) is 0 Å². The number of hydrogen-bond acceptors (Lipinski definition) is 3. The number of ether oxygens (including phenoxy) is 1. The Labute approximate surface area is 130 Å². The summed E-state index contributed by atoms with van der Waals surface area (Å²) in [5.74, 6) is 0. The molecule has 0 heterocycles. The van der Waals surface area contributed by atoms with Crippen molar-refractivity contribution in [3.63, 3.8) is 0 Å². The fourth-order valence-electron chi connectivity index (χ4n) is 2.29. The smallest absolute Gasteiger partial charge is 0.0637 e. The highest BCUT2D eigenvalue weighted by molar-refractivity contribution is 9.10. The maximum atomic E-state index is 5.21. The maximum Gasteiger partial charge on any atom is 0.0637 e. The zero-order valence-corrected chi connectivity index (χ0v) is 14.2. The highest BCUT2D eigenvalue weighted by atomic mass is 79.9. The zero-order valence-electron chi connectivity index (χ0n) is 12.7. The highest BCUT2D eigenvalue weighted by Crippen LogP contribution is 2.29. The van der Waals surface area contributed by atoms with Gasteiger partial charge < -0.3 is 15.0 Å². The van der Waals surface area contributed by atoms with E-state index in [0.717, 1.165) is 30.2 Å². The lowest BCUT2D eigenvalue weighted by Gasteiger charge is -2.30. The largest absolute Gasteiger partial charge is 0.383 e. The van der Waals surface area contributed by atoms with Crippen LogP contribution in [0.2, 0.25) is 0 Å². The van der Waals surface area contributed by atoms with Gasteiger partial charge in [0.15, 0.2) is 0 Å². The van der Waals surface area contributed by atoms with Gasteiger partial charge in [-0.1, -0.05) is 6.07 Å². The molecule has 0 atom stereocenters. The van der Waals surface area contributed by atoms with Crippen molar-refractivity contribution >= 4 is 21.6 Å². The third-order valence-electron chi connectivity index (χ3n) is 3.65. The molecule has 2 rings (SSSR count). The molecule has 0 amide bonds. The summed E-state index contributed by atoms with van der Waals surface area (Å²) in [6.45, 7) is 7.04. The van der Waals surface area contributed by atoms with E-state index >= 15 is 0 Å². The Bertz CT molecular complexity index is 432. The summed E-state index contributed by atoms with van der Waals surface area (Å²) >= 11 is 3.72. The third kappa shape index (κ3) is 4.47. The molecule has 112 valence electrons. The number of nitrogens with one attached hydrogen (secondary N) is 1. The van der Waals surface area contributed by atoms with Gasteiger partial charge in [0.1, 0.15) is 0 Å². The van der Waals surface area contributed by atoms with Gasteiger partial charge >= 0.3 is 0 Å². The molecule has 20 heavy (non-hydrogen) atoms. The Kier molecular flexibility index (Phi) is 5.87. The van der Waals surface area contributed by atoms with Crippen LogP contribution in [0.25, 0.3) is 0 Å². The quantitative estimate of drug-likeness (QED) is 0.782. The molecule has 1 aromatic rings. The lowest BCUT2D eigenvalue weighted by atomic mass is 10.1. The average molecular weight is 341 g/mol. The van der Waals surface area contributed by atoms with Gasteiger partial charge in [-0.25, -0.2) is 0 Å². The summed E-state index contributed by atoms with van der Waals surface area (Å²) in [5, 5.41) is 3.55.